The standard InChI is InChI=1S/C11H16N6O2/c1-3-4-15-7-13-5-9(15)6-16-11(12)10(17(18)19)8(2)14-16/h5,7H,3-4,6,12H2,1-2H3. The Bertz CT molecular complexity index is 600. The second kappa shape index (κ2) is 5.09. The van der Waals surface area contributed by atoms with Gasteiger partial charge < -0.3 is 10.3 Å². The van der Waals surface area contributed by atoms with Crippen molar-refractivity contribution in [2.45, 2.75) is 33.4 Å². The third-order valence-corrected chi connectivity index (χ3v) is 2.89. The van der Waals surface area contributed by atoms with E-state index in [4.69, 9.17) is 5.73 Å². The lowest BCUT2D eigenvalue weighted by Gasteiger charge is -2.07. The number of nitrogen functional groups attached to an aromatic ring is 1. The molecule has 19 heavy (non-hydrogen) atoms. The highest BCUT2D eigenvalue weighted by atomic mass is 16.6. The number of nitrogens with zero attached hydrogens (tertiary/aromatic N) is 5. The molecule has 2 aromatic heterocycles. The minimum atomic E-state index is -0.502. The van der Waals surface area contributed by atoms with Crippen molar-refractivity contribution in [3.05, 3.63) is 34.0 Å². The van der Waals surface area contributed by atoms with E-state index < -0.39 is 4.92 Å². The predicted molar refractivity (Wildman–Crippen MR) is 69.7 cm³/mol. The first-order chi connectivity index (χ1) is 9.04. The van der Waals surface area contributed by atoms with Gasteiger partial charge in [-0.15, -0.1) is 0 Å². The molecule has 0 aliphatic rings. The molecule has 8 heteroatoms. The first-order valence-corrected chi connectivity index (χ1v) is 6.00. The number of nitro groups is 1. The summed E-state index contributed by atoms with van der Waals surface area (Å²) in [6, 6.07) is 0. The maximum atomic E-state index is 10.9. The molecule has 2 heterocycles. The number of hydrogen-bond acceptors (Lipinski definition) is 5. The number of rotatable bonds is 5. The van der Waals surface area contributed by atoms with Crippen LogP contribution in [0.3, 0.4) is 0 Å². The smallest absolute Gasteiger partial charge is 0.333 e. The number of aryl methyl sites for hydroxylation is 2. The molecule has 102 valence electrons. The molecule has 8 nitrogen and oxygen atoms in total. The summed E-state index contributed by atoms with van der Waals surface area (Å²) in [5, 5.41) is 15.0. The van der Waals surface area contributed by atoms with E-state index in [0.29, 0.717) is 12.2 Å². The molecule has 0 saturated carbocycles. The molecule has 2 aromatic rings. The van der Waals surface area contributed by atoms with E-state index >= 15 is 0 Å². The third-order valence-electron chi connectivity index (χ3n) is 2.89. The summed E-state index contributed by atoms with van der Waals surface area (Å²) in [4.78, 5) is 14.5. The van der Waals surface area contributed by atoms with Crippen LogP contribution in [-0.2, 0) is 13.1 Å². The molecule has 0 saturated heterocycles. The first-order valence-electron chi connectivity index (χ1n) is 6.00. The predicted octanol–water partition coefficient (Wildman–Crippen LogP) is 1.34. The monoisotopic (exact) mass is 264 g/mol. The lowest BCUT2D eigenvalue weighted by atomic mass is 10.4. The fraction of sp³-hybridized carbons (Fsp3) is 0.455. The quantitative estimate of drug-likeness (QED) is 0.648. The molecule has 0 atom stereocenters. The maximum absolute atomic E-state index is 10.9. The normalized spacial score (nSPS) is 10.8. The van der Waals surface area contributed by atoms with Crippen molar-refractivity contribution in [2.75, 3.05) is 5.73 Å². The summed E-state index contributed by atoms with van der Waals surface area (Å²) in [5.74, 6) is 0.0757. The molecule has 0 fully saturated rings. The second-order valence-corrected chi connectivity index (χ2v) is 4.31. The van der Waals surface area contributed by atoms with Gasteiger partial charge in [-0.3, -0.25) is 10.1 Å². The van der Waals surface area contributed by atoms with E-state index in [1.165, 1.54) is 4.68 Å². The van der Waals surface area contributed by atoms with Crippen LogP contribution in [-0.4, -0.2) is 24.3 Å². The average Bonchev–Trinajstić information content (AvgIpc) is 2.86. The number of anilines is 1. The fourth-order valence-corrected chi connectivity index (χ4v) is 2.01. The van der Waals surface area contributed by atoms with Gasteiger partial charge in [-0.1, -0.05) is 6.92 Å². The first kappa shape index (κ1) is 13.1. The molecule has 0 aromatic carbocycles. The Morgan fingerprint density at radius 1 is 1.53 bits per heavy atom. The Balaban J connectivity index is 2.31. The summed E-state index contributed by atoms with van der Waals surface area (Å²) in [6.45, 7) is 4.87. The minimum Gasteiger partial charge on any atom is -0.378 e. The Labute approximate surface area is 110 Å². The van der Waals surface area contributed by atoms with Crippen LogP contribution in [0.5, 0.6) is 0 Å². The van der Waals surface area contributed by atoms with E-state index in [1.807, 2.05) is 4.57 Å². The van der Waals surface area contributed by atoms with Gasteiger partial charge in [-0.05, 0) is 13.3 Å². The zero-order valence-corrected chi connectivity index (χ0v) is 10.9. The molecule has 0 spiro atoms. The Morgan fingerprint density at radius 3 is 2.84 bits per heavy atom. The van der Waals surface area contributed by atoms with Gasteiger partial charge in [0.25, 0.3) is 0 Å². The summed E-state index contributed by atoms with van der Waals surface area (Å²) >= 11 is 0. The van der Waals surface area contributed by atoms with Crippen LogP contribution < -0.4 is 5.73 Å². The van der Waals surface area contributed by atoms with Crippen LogP contribution in [0.2, 0.25) is 0 Å². The van der Waals surface area contributed by atoms with Crippen LogP contribution in [0.15, 0.2) is 12.5 Å². The van der Waals surface area contributed by atoms with Crippen molar-refractivity contribution in [3.63, 3.8) is 0 Å². The molecule has 0 radical (unpaired) electrons. The van der Waals surface area contributed by atoms with Gasteiger partial charge in [-0.25, -0.2) is 9.67 Å². The van der Waals surface area contributed by atoms with Crippen molar-refractivity contribution in [1.29, 1.82) is 0 Å². The van der Waals surface area contributed by atoms with Gasteiger partial charge in [0, 0.05) is 6.54 Å². The van der Waals surface area contributed by atoms with E-state index in [0.717, 1.165) is 18.7 Å². The highest BCUT2D eigenvalue weighted by Gasteiger charge is 2.23. The molecule has 2 N–H and O–H groups in total. The van der Waals surface area contributed by atoms with Gasteiger partial charge in [0.2, 0.25) is 5.82 Å². The molecule has 0 aliphatic heterocycles. The zero-order valence-electron chi connectivity index (χ0n) is 10.9. The molecule has 0 amide bonds. The van der Waals surface area contributed by atoms with Crippen LogP contribution in [0, 0.1) is 17.0 Å². The van der Waals surface area contributed by atoms with Crippen molar-refractivity contribution in [3.8, 4) is 0 Å². The highest BCUT2D eigenvalue weighted by Crippen LogP contribution is 2.25. The minimum absolute atomic E-state index is 0.0757. The van der Waals surface area contributed by atoms with Crippen LogP contribution in [0.25, 0.3) is 0 Å². The maximum Gasteiger partial charge on any atom is 0.333 e. The SMILES string of the molecule is CCCn1cncc1Cn1nc(C)c([N+](=O)[O-])c1N. The largest absolute Gasteiger partial charge is 0.378 e. The Morgan fingerprint density at radius 2 is 2.26 bits per heavy atom. The Kier molecular flexibility index (Phi) is 3.50. The number of hydrogen-bond donors (Lipinski definition) is 1. The van der Waals surface area contributed by atoms with Crippen molar-refractivity contribution in [1.82, 2.24) is 19.3 Å². The van der Waals surface area contributed by atoms with Gasteiger partial charge in [0.1, 0.15) is 5.69 Å². The van der Waals surface area contributed by atoms with Crippen LogP contribution in [0.4, 0.5) is 11.5 Å². The zero-order chi connectivity index (χ0) is 14.0. The van der Waals surface area contributed by atoms with Crippen molar-refractivity contribution >= 4 is 11.5 Å². The van der Waals surface area contributed by atoms with Crippen molar-refractivity contribution < 1.29 is 4.92 Å². The van der Waals surface area contributed by atoms with E-state index in [2.05, 4.69) is 17.0 Å². The van der Waals surface area contributed by atoms with E-state index in [-0.39, 0.29) is 11.5 Å². The number of nitrogens with two attached hydrogens (primary N) is 1. The highest BCUT2D eigenvalue weighted by molar-refractivity contribution is 5.56. The third kappa shape index (κ3) is 2.42. The summed E-state index contributed by atoms with van der Waals surface area (Å²) in [7, 11) is 0. The van der Waals surface area contributed by atoms with Gasteiger partial charge >= 0.3 is 5.69 Å². The lowest BCUT2D eigenvalue weighted by molar-refractivity contribution is -0.384. The van der Waals surface area contributed by atoms with Gasteiger partial charge in [0.05, 0.1) is 29.7 Å². The second-order valence-electron chi connectivity index (χ2n) is 4.31. The van der Waals surface area contributed by atoms with Gasteiger partial charge in [0.15, 0.2) is 0 Å². The number of imidazole rings is 1. The van der Waals surface area contributed by atoms with E-state index in [9.17, 15) is 10.1 Å². The average molecular weight is 264 g/mol. The molecule has 0 bridgehead atoms. The lowest BCUT2D eigenvalue weighted by Crippen LogP contribution is -2.10. The van der Waals surface area contributed by atoms with Crippen LogP contribution >= 0.6 is 0 Å². The Hall–Kier alpha value is -2.38. The molecule has 2 rings (SSSR count). The molecular weight excluding hydrogens is 248 g/mol. The molecule has 0 aliphatic carbocycles. The van der Waals surface area contributed by atoms with Crippen molar-refractivity contribution in [2.24, 2.45) is 0 Å². The summed E-state index contributed by atoms with van der Waals surface area (Å²) < 4.78 is 3.43. The van der Waals surface area contributed by atoms with Gasteiger partial charge in [-0.2, -0.15) is 5.10 Å². The van der Waals surface area contributed by atoms with E-state index in [1.54, 1.807) is 19.4 Å². The summed E-state index contributed by atoms with van der Waals surface area (Å²) in [5.41, 5.74) is 6.90. The van der Waals surface area contributed by atoms with Crippen LogP contribution in [0.1, 0.15) is 24.7 Å². The molecular formula is C11H16N6O2. The fourth-order valence-electron chi connectivity index (χ4n) is 2.01. The topological polar surface area (TPSA) is 105 Å². The molecule has 0 unspecified atom stereocenters. The summed E-state index contributed by atoms with van der Waals surface area (Å²) in [6.07, 6.45) is 4.44. The number of aromatic nitrogens is 4.